The summed E-state index contributed by atoms with van der Waals surface area (Å²) >= 11 is 0. The first-order chi connectivity index (χ1) is 8.40. The molecule has 0 aromatic carbocycles. The van der Waals surface area contributed by atoms with E-state index < -0.39 is 18.1 Å². The Morgan fingerprint density at radius 2 is 1.08 bits per heavy atom. The number of ketones is 1. The van der Waals surface area contributed by atoms with Crippen molar-refractivity contribution in [1.82, 2.24) is 0 Å². The predicted octanol–water partition coefficient (Wildman–Crippen LogP) is -0.794. The molecule has 6 N–H and O–H groups in total. The van der Waals surface area contributed by atoms with E-state index in [9.17, 15) is 31.1 Å². The van der Waals surface area contributed by atoms with Crippen molar-refractivity contribution in [3.05, 3.63) is 0 Å². The van der Waals surface area contributed by atoms with E-state index in [2.05, 4.69) is 16.4 Å². The van der Waals surface area contributed by atoms with E-state index in [1.165, 1.54) is 0 Å². The number of carbonyl (C=O) groups is 1. The Labute approximate surface area is 76.0 Å². The van der Waals surface area contributed by atoms with E-state index >= 15 is 0 Å². The third-order valence-electron chi connectivity index (χ3n) is 0.515. The molecule has 0 aromatic rings. The molecule has 0 spiro atoms. The Bertz CT molecular complexity index is 178. The summed E-state index contributed by atoms with van der Waals surface area (Å²) in [4.78, 5) is 9.24. The Balaban J connectivity index is -0.000000103. The zero-order valence-corrected chi connectivity index (χ0v) is 5.40. The Hall–Kier alpha value is -0.870. The van der Waals surface area contributed by atoms with E-state index in [-0.39, 0.29) is 0 Å². The fraction of sp³-hybridized carbons (Fsp3) is 0.667. The van der Waals surface area contributed by atoms with Crippen molar-refractivity contribution in [2.24, 2.45) is 0 Å². The van der Waals surface area contributed by atoms with Crippen LogP contribution in [0.2, 0.25) is 0 Å². The van der Waals surface area contributed by atoms with Gasteiger partial charge < -0.3 is 16.4 Å². The minimum atomic E-state index is -5.82. The molecule has 10 heteroatoms. The molecule has 0 radical (unpaired) electrons. The van der Waals surface area contributed by atoms with Gasteiger partial charge in [0.15, 0.2) is 0 Å². The third-order valence-corrected chi connectivity index (χ3v) is 0.515. The number of hydrogen-bond donors (Lipinski definition) is 0. The van der Waals surface area contributed by atoms with Crippen LogP contribution in [-0.4, -0.2) is 43.2 Å². The molecule has 0 bridgehead atoms. The number of hydrogen-bond acceptors (Lipinski definition) is 1. The molecule has 0 aromatic heterocycles. The van der Waals surface area contributed by atoms with E-state index in [1.54, 1.807) is 0 Å². The fourth-order valence-corrected chi connectivity index (χ4v) is 0.161. The van der Waals surface area contributed by atoms with Crippen LogP contribution in [0.15, 0.2) is 0 Å². The summed E-state index contributed by atoms with van der Waals surface area (Å²) in [5.41, 5.74) is 8.25. The molecule has 0 atom stereocenters. The lowest BCUT2D eigenvalue weighted by atomic mass is 10.4. The molecule has 0 saturated carbocycles. The minimum absolute atomic E-state index is 2.75. The van der Waals surface area contributed by atoms with E-state index in [0.717, 1.165) is 0 Å². The van der Waals surface area contributed by atoms with E-state index in [1.807, 2.05) is 0 Å². The third kappa shape index (κ3) is 7.49. The van der Waals surface area contributed by atoms with Gasteiger partial charge in [0.1, 0.15) is 0 Å². The molecule has 0 fully saturated rings. The predicted molar refractivity (Wildman–Crippen MR) is 28.0 cm³/mol. The second-order valence-corrected chi connectivity index (χ2v) is 1.32. The molecule has 0 heterocycles. The fourth-order valence-electron chi connectivity index (χ4n) is 0.161. The van der Waals surface area contributed by atoms with Gasteiger partial charge in [0.25, 0.3) is 0 Å². The molecule has 84 valence electrons. The molecule has 0 aliphatic heterocycles. The summed E-state index contributed by atoms with van der Waals surface area (Å²) in [6.07, 6.45) is -11.6. The van der Waals surface area contributed by atoms with Gasteiger partial charge >= 0.3 is 18.1 Å². The van der Waals surface area contributed by atoms with Crippen LogP contribution in [0.3, 0.4) is 0 Å². The number of halogens is 6. The van der Waals surface area contributed by atoms with Crippen molar-refractivity contribution < 1.29 is 47.6 Å². The highest BCUT2D eigenvalue weighted by Crippen LogP contribution is 2.28. The maximum Gasteiger partial charge on any atom is 0.459 e. The monoisotopic (exact) mass is 226 g/mol. The molecule has 0 rings (SSSR count). The molecule has 0 amide bonds. The van der Waals surface area contributed by atoms with Gasteiger partial charge in [0.2, 0.25) is 8.59 Å². The lowest BCUT2D eigenvalue weighted by Crippen LogP contribution is -2.36. The second-order valence-electron chi connectivity index (χ2n) is 1.32. The van der Waals surface area contributed by atoms with Gasteiger partial charge in [-0.2, -0.15) is 26.3 Å². The molecule has 0 aliphatic carbocycles. The highest BCUT2D eigenvalue weighted by Gasteiger charge is 2.55. The van der Waals surface area contributed by atoms with Gasteiger partial charge in [-0.3, -0.25) is 4.79 Å². The van der Waals surface area contributed by atoms with Crippen LogP contribution in [0.5, 0.6) is 0 Å². The molecular weight excluding hydrogens is 214 g/mol. The largest absolute Gasteiger partial charge is 0.459 e. The Morgan fingerprint density at radius 1 is 0.923 bits per heavy atom. The van der Waals surface area contributed by atoms with Gasteiger partial charge in [0.05, 0.1) is 0 Å². The van der Waals surface area contributed by atoms with Crippen LogP contribution in [0.1, 0.15) is 0 Å². The van der Waals surface area contributed by atoms with Gasteiger partial charge in [0, 0.05) is 0 Å². The smallest absolute Gasteiger partial charge is 0.412 e. The lowest BCUT2D eigenvalue weighted by molar-refractivity contribution is -0.217. The molecule has 4 nitrogen and oxygen atoms in total. The Morgan fingerprint density at radius 3 is 1.08 bits per heavy atom. The maximum atomic E-state index is 10.9. The summed E-state index contributed by atoms with van der Waals surface area (Å²) in [5.74, 6) is -3.68. The number of alkyl halides is 6. The lowest BCUT2D eigenvalue weighted by Gasteiger charge is -2.06. The van der Waals surface area contributed by atoms with Crippen LogP contribution < -0.4 is 0 Å². The number of rotatable bonds is 0. The van der Waals surface area contributed by atoms with E-state index in [0.29, 0.717) is 0 Å². The Kier molecular flexibility index (Phi) is 3.31. The average molecular weight is 226 g/mol. The van der Waals surface area contributed by atoms with Crippen LogP contribution in [0, 0.1) is 0 Å². The summed E-state index contributed by atoms with van der Waals surface area (Å²) in [7, 11) is 0. The summed E-state index contributed by atoms with van der Waals surface area (Å²) in [5, 5.41) is 0. The molecule has 0 saturated heterocycles. The zero-order valence-electron chi connectivity index (χ0n) is 11.4. The first kappa shape index (κ1) is 7.53. The molecule has 13 heavy (non-hydrogen) atoms. The highest BCUT2D eigenvalue weighted by molar-refractivity contribution is 5.89. The SMILES string of the molecule is O=C(C(F)(F)F)C(F)(F)F.[2H]O[2H].[2H]O[2H].[2H]O[2H]. The average Bonchev–Trinajstić information content (AvgIpc) is 2.17. The number of Topliss-reactive ketones (excluding diaryl/α,β-unsaturated/α-hetero) is 1. The maximum absolute atomic E-state index is 10.9. The summed E-state index contributed by atoms with van der Waals surface area (Å²) in [6.45, 7) is 0. The van der Waals surface area contributed by atoms with Crippen LogP contribution in [0.4, 0.5) is 26.3 Å². The van der Waals surface area contributed by atoms with Crippen LogP contribution >= 0.6 is 0 Å². The molecule has 0 unspecified atom stereocenters. The highest BCUT2D eigenvalue weighted by atomic mass is 19.4. The summed E-state index contributed by atoms with van der Waals surface area (Å²) in [6, 6.07) is 0. The van der Waals surface area contributed by atoms with Crippen molar-refractivity contribution in [2.45, 2.75) is 12.4 Å². The first-order valence-electron chi connectivity index (χ1n) is 4.29. The molecule has 0 aliphatic rings. The van der Waals surface area contributed by atoms with Crippen molar-refractivity contribution in [3.63, 3.8) is 0 Å². The van der Waals surface area contributed by atoms with Crippen molar-refractivity contribution in [2.75, 3.05) is 0 Å². The van der Waals surface area contributed by atoms with Gasteiger partial charge in [-0.05, 0) is 0 Å². The van der Waals surface area contributed by atoms with E-state index in [4.69, 9.17) is 8.59 Å². The van der Waals surface area contributed by atoms with Crippen LogP contribution in [0.25, 0.3) is 0 Å². The number of carbonyl (C=O) groups excluding carboxylic acids is 1. The van der Waals surface area contributed by atoms with Gasteiger partial charge in [-0.1, -0.05) is 0 Å². The van der Waals surface area contributed by atoms with Crippen LogP contribution in [-0.2, 0) is 4.79 Å². The van der Waals surface area contributed by atoms with Gasteiger partial charge in [-0.15, -0.1) is 0 Å². The summed E-state index contributed by atoms with van der Waals surface area (Å²) < 4.78 is 97.5. The standard InChI is InChI=1S/C3F6O.3H2O/c4-2(5,6)1(10)3(7,8)9;;;/h;3*1H2/i/hD6. The quantitative estimate of drug-likeness (QED) is 0.495. The minimum Gasteiger partial charge on any atom is -0.412 e. The van der Waals surface area contributed by atoms with Crippen molar-refractivity contribution in [1.29, 1.82) is 8.59 Å². The topological polar surface area (TPSA) is 112 Å². The van der Waals surface area contributed by atoms with Crippen molar-refractivity contribution >= 4 is 5.78 Å². The van der Waals surface area contributed by atoms with Gasteiger partial charge in [-0.25, -0.2) is 0 Å². The molecular formula is C3H6F6O4. The normalized spacial score (nSPS) is 14.9. The van der Waals surface area contributed by atoms with Crippen molar-refractivity contribution in [3.8, 4) is 0 Å². The second kappa shape index (κ2) is 5.72. The first-order valence-corrected chi connectivity index (χ1v) is 1.84. The zero-order chi connectivity index (χ0) is 16.7.